The normalized spacial score (nSPS) is 18.1. The molecule has 0 heterocycles. The minimum atomic E-state index is -0.859. The van der Waals surface area contributed by atoms with E-state index >= 15 is 0 Å². The molecule has 2 saturated carbocycles. The van der Waals surface area contributed by atoms with Gasteiger partial charge in [-0.1, -0.05) is 12.1 Å². The Bertz CT molecular complexity index is 520. The number of carboxylic acids is 1. The zero-order valence-electron chi connectivity index (χ0n) is 11.3. The lowest BCUT2D eigenvalue weighted by atomic mass is 9.97. The van der Waals surface area contributed by atoms with E-state index in [9.17, 15) is 9.59 Å². The highest BCUT2D eigenvalue weighted by atomic mass is 16.4. The van der Waals surface area contributed by atoms with E-state index in [1.54, 1.807) is 18.2 Å². The maximum Gasteiger partial charge on any atom is 0.307 e. The maximum atomic E-state index is 12.4. The van der Waals surface area contributed by atoms with Crippen LogP contribution in [0, 0.1) is 17.8 Å². The van der Waals surface area contributed by atoms with Crippen molar-refractivity contribution in [2.45, 2.75) is 32.1 Å². The number of aliphatic carboxylic acids is 1. The number of benzene rings is 1. The Balaban J connectivity index is 1.67. The average Bonchev–Trinajstić information content (AvgIpc) is 3.23. The highest BCUT2D eigenvalue weighted by molar-refractivity contribution is 5.93. The van der Waals surface area contributed by atoms with Crippen molar-refractivity contribution in [2.75, 3.05) is 5.32 Å². The molecule has 3 rings (SSSR count). The fraction of sp³-hybridized carbons (Fsp3) is 0.500. The van der Waals surface area contributed by atoms with Crippen molar-refractivity contribution in [2.24, 2.45) is 17.8 Å². The van der Waals surface area contributed by atoms with Crippen LogP contribution in [0.1, 0.15) is 31.2 Å². The Morgan fingerprint density at radius 2 is 1.85 bits per heavy atom. The molecule has 2 N–H and O–H groups in total. The number of hydrogen-bond acceptors (Lipinski definition) is 2. The van der Waals surface area contributed by atoms with Crippen LogP contribution in [-0.4, -0.2) is 17.0 Å². The van der Waals surface area contributed by atoms with Crippen LogP contribution >= 0.6 is 0 Å². The Labute approximate surface area is 118 Å². The summed E-state index contributed by atoms with van der Waals surface area (Å²) >= 11 is 0. The van der Waals surface area contributed by atoms with Gasteiger partial charge in [-0.15, -0.1) is 0 Å². The molecule has 2 aliphatic rings. The van der Waals surface area contributed by atoms with Crippen molar-refractivity contribution in [3.05, 3.63) is 29.8 Å². The first-order valence-electron chi connectivity index (χ1n) is 7.25. The summed E-state index contributed by atoms with van der Waals surface area (Å²) in [6, 6.07) is 7.13. The van der Waals surface area contributed by atoms with Crippen LogP contribution in [0.3, 0.4) is 0 Å². The van der Waals surface area contributed by atoms with E-state index in [0.29, 0.717) is 23.1 Å². The second kappa shape index (κ2) is 5.27. The zero-order chi connectivity index (χ0) is 14.1. The summed E-state index contributed by atoms with van der Waals surface area (Å²) in [5.41, 5.74) is 1.42. The third-order valence-corrected chi connectivity index (χ3v) is 4.11. The Morgan fingerprint density at radius 3 is 2.40 bits per heavy atom. The molecule has 0 bridgehead atoms. The summed E-state index contributed by atoms with van der Waals surface area (Å²) in [6.07, 6.45) is 4.68. The van der Waals surface area contributed by atoms with Crippen molar-refractivity contribution in [1.29, 1.82) is 0 Å². The quantitative estimate of drug-likeness (QED) is 0.837. The molecular formula is C16H19NO3. The molecule has 0 spiro atoms. The van der Waals surface area contributed by atoms with Crippen molar-refractivity contribution in [3.63, 3.8) is 0 Å². The van der Waals surface area contributed by atoms with Crippen molar-refractivity contribution < 1.29 is 14.7 Å². The second-order valence-electron chi connectivity index (χ2n) is 5.96. The molecule has 0 aliphatic heterocycles. The number of carbonyl (C=O) groups is 2. The molecule has 1 aromatic rings. The van der Waals surface area contributed by atoms with Gasteiger partial charge in [0.15, 0.2) is 0 Å². The Morgan fingerprint density at radius 1 is 1.20 bits per heavy atom. The number of carboxylic acid groups (broad SMARTS) is 1. The fourth-order valence-electron chi connectivity index (χ4n) is 2.88. The van der Waals surface area contributed by atoms with E-state index in [-0.39, 0.29) is 18.2 Å². The summed E-state index contributed by atoms with van der Waals surface area (Å²) < 4.78 is 0. The molecule has 0 aromatic heterocycles. The molecule has 1 amide bonds. The monoisotopic (exact) mass is 273 g/mol. The predicted molar refractivity (Wildman–Crippen MR) is 75.3 cm³/mol. The van der Waals surface area contributed by atoms with E-state index in [2.05, 4.69) is 5.32 Å². The summed E-state index contributed by atoms with van der Waals surface area (Å²) in [7, 11) is 0. The van der Waals surface area contributed by atoms with Crippen LogP contribution in [0.4, 0.5) is 5.69 Å². The SMILES string of the molecule is O=C(O)Cc1cccc(NC(=O)C(C2CC2)C2CC2)c1. The molecule has 106 valence electrons. The van der Waals surface area contributed by atoms with Gasteiger partial charge in [-0.05, 0) is 55.2 Å². The van der Waals surface area contributed by atoms with Gasteiger partial charge in [-0.3, -0.25) is 9.59 Å². The molecule has 1 aromatic carbocycles. The molecule has 0 radical (unpaired) electrons. The third kappa shape index (κ3) is 3.18. The van der Waals surface area contributed by atoms with Crippen molar-refractivity contribution in [3.8, 4) is 0 Å². The van der Waals surface area contributed by atoms with E-state index in [0.717, 1.165) is 0 Å². The number of amides is 1. The van der Waals surface area contributed by atoms with Gasteiger partial charge in [0.1, 0.15) is 0 Å². The van der Waals surface area contributed by atoms with E-state index in [1.165, 1.54) is 25.7 Å². The summed E-state index contributed by atoms with van der Waals surface area (Å²) in [6.45, 7) is 0. The fourth-order valence-corrected chi connectivity index (χ4v) is 2.88. The lowest BCUT2D eigenvalue weighted by Crippen LogP contribution is -2.26. The van der Waals surface area contributed by atoms with Crippen molar-refractivity contribution in [1.82, 2.24) is 0 Å². The number of hydrogen-bond donors (Lipinski definition) is 2. The second-order valence-corrected chi connectivity index (χ2v) is 5.96. The Kier molecular flexibility index (Phi) is 3.47. The van der Waals surface area contributed by atoms with Gasteiger partial charge >= 0.3 is 5.97 Å². The standard InChI is InChI=1S/C16H19NO3/c18-14(19)9-10-2-1-3-13(8-10)17-16(20)15(11-4-5-11)12-6-7-12/h1-3,8,11-12,15H,4-7,9H2,(H,17,20)(H,18,19). The minimum Gasteiger partial charge on any atom is -0.481 e. The summed E-state index contributed by atoms with van der Waals surface area (Å²) in [5.74, 6) is 0.567. The lowest BCUT2D eigenvalue weighted by Gasteiger charge is -2.15. The highest BCUT2D eigenvalue weighted by Gasteiger charge is 2.45. The summed E-state index contributed by atoms with van der Waals surface area (Å²) in [4.78, 5) is 23.1. The molecule has 4 heteroatoms. The number of carbonyl (C=O) groups excluding carboxylic acids is 1. The first kappa shape index (κ1) is 13.2. The maximum absolute atomic E-state index is 12.4. The van der Waals surface area contributed by atoms with Crippen LogP contribution in [0.2, 0.25) is 0 Å². The zero-order valence-corrected chi connectivity index (χ0v) is 11.3. The molecule has 0 saturated heterocycles. The number of rotatable bonds is 6. The first-order chi connectivity index (χ1) is 9.63. The summed E-state index contributed by atoms with van der Waals surface area (Å²) in [5, 5.41) is 11.8. The van der Waals surface area contributed by atoms with E-state index in [1.807, 2.05) is 6.07 Å². The van der Waals surface area contributed by atoms with Crippen molar-refractivity contribution >= 4 is 17.6 Å². The topological polar surface area (TPSA) is 66.4 Å². The third-order valence-electron chi connectivity index (χ3n) is 4.11. The predicted octanol–water partition coefficient (Wildman–Crippen LogP) is 2.69. The molecular weight excluding hydrogens is 254 g/mol. The van der Waals surface area contributed by atoms with Gasteiger partial charge in [0.25, 0.3) is 0 Å². The van der Waals surface area contributed by atoms with Gasteiger partial charge in [0, 0.05) is 11.6 Å². The average molecular weight is 273 g/mol. The molecule has 2 fully saturated rings. The highest BCUT2D eigenvalue weighted by Crippen LogP contribution is 2.49. The van der Waals surface area contributed by atoms with Gasteiger partial charge in [-0.25, -0.2) is 0 Å². The van der Waals surface area contributed by atoms with Gasteiger partial charge < -0.3 is 10.4 Å². The van der Waals surface area contributed by atoms with E-state index in [4.69, 9.17) is 5.11 Å². The lowest BCUT2D eigenvalue weighted by molar-refractivity contribution is -0.136. The molecule has 0 atom stereocenters. The molecule has 4 nitrogen and oxygen atoms in total. The van der Waals surface area contributed by atoms with Crippen LogP contribution in [0.5, 0.6) is 0 Å². The Hall–Kier alpha value is -1.84. The largest absolute Gasteiger partial charge is 0.481 e. The van der Waals surface area contributed by atoms with Gasteiger partial charge in [0.2, 0.25) is 5.91 Å². The first-order valence-corrected chi connectivity index (χ1v) is 7.25. The van der Waals surface area contributed by atoms with Crippen LogP contribution in [0.15, 0.2) is 24.3 Å². The van der Waals surface area contributed by atoms with E-state index < -0.39 is 5.97 Å². The minimum absolute atomic E-state index is 0.0155. The number of anilines is 1. The van der Waals surface area contributed by atoms with Gasteiger partial charge in [-0.2, -0.15) is 0 Å². The molecule has 0 unspecified atom stereocenters. The van der Waals surface area contributed by atoms with Crippen LogP contribution in [-0.2, 0) is 16.0 Å². The number of nitrogens with one attached hydrogen (secondary N) is 1. The van der Waals surface area contributed by atoms with Crippen LogP contribution < -0.4 is 5.32 Å². The van der Waals surface area contributed by atoms with Crippen LogP contribution in [0.25, 0.3) is 0 Å². The smallest absolute Gasteiger partial charge is 0.307 e. The molecule has 2 aliphatic carbocycles. The molecule has 20 heavy (non-hydrogen) atoms. The van der Waals surface area contributed by atoms with Gasteiger partial charge in [0.05, 0.1) is 6.42 Å².